The zero-order valence-electron chi connectivity index (χ0n) is 15.8. The van der Waals surface area contributed by atoms with Gasteiger partial charge in [-0.3, -0.25) is 9.78 Å². The molecule has 0 saturated carbocycles. The van der Waals surface area contributed by atoms with Crippen molar-refractivity contribution in [2.75, 3.05) is 32.5 Å². The number of pyridine rings is 1. The number of nitrogens with zero attached hydrogens (tertiary/aromatic N) is 2. The smallest absolute Gasteiger partial charge is 0.251 e. The minimum absolute atomic E-state index is 0.112. The second-order valence-electron chi connectivity index (χ2n) is 6.76. The van der Waals surface area contributed by atoms with Gasteiger partial charge in [-0.15, -0.1) is 0 Å². The molecule has 0 radical (unpaired) electrons. The summed E-state index contributed by atoms with van der Waals surface area (Å²) < 4.78 is 27.5. The van der Waals surface area contributed by atoms with Gasteiger partial charge in [0.05, 0.1) is 0 Å². The summed E-state index contributed by atoms with van der Waals surface area (Å²) in [6, 6.07) is 11.0. The zero-order valence-corrected chi connectivity index (χ0v) is 15.8. The van der Waals surface area contributed by atoms with Crippen LogP contribution in [0.1, 0.15) is 15.9 Å². The number of likely N-dealkylation sites (N-methyl/N-ethyl adjacent to an activating group) is 1. The average molecular weight is 384 g/mol. The van der Waals surface area contributed by atoms with Gasteiger partial charge < -0.3 is 15.5 Å². The molecule has 3 aromatic rings. The van der Waals surface area contributed by atoms with Crippen molar-refractivity contribution in [2.24, 2.45) is 0 Å². The fraction of sp³-hybridized carbons (Fsp3) is 0.238. The predicted molar refractivity (Wildman–Crippen MR) is 106 cm³/mol. The van der Waals surface area contributed by atoms with E-state index in [0.29, 0.717) is 29.7 Å². The normalized spacial score (nSPS) is 11.0. The lowest BCUT2D eigenvalue weighted by Gasteiger charge is -2.12. The Morgan fingerprint density at radius 3 is 2.75 bits per heavy atom. The Kier molecular flexibility index (Phi) is 6.16. The molecule has 0 spiro atoms. The lowest BCUT2D eigenvalue weighted by molar-refractivity contribution is 0.0951. The molecule has 0 atom stereocenters. The first-order valence-corrected chi connectivity index (χ1v) is 8.93. The van der Waals surface area contributed by atoms with Crippen molar-refractivity contribution in [3.63, 3.8) is 0 Å². The van der Waals surface area contributed by atoms with E-state index in [2.05, 4.69) is 15.6 Å². The van der Waals surface area contributed by atoms with Crippen LogP contribution in [0.3, 0.4) is 0 Å². The summed E-state index contributed by atoms with van der Waals surface area (Å²) in [6.45, 7) is 1.72. The molecule has 1 amide bonds. The van der Waals surface area contributed by atoms with Crippen molar-refractivity contribution in [3.8, 4) is 0 Å². The number of hydrogen-bond acceptors (Lipinski definition) is 4. The minimum Gasteiger partial charge on any atom is -0.380 e. The summed E-state index contributed by atoms with van der Waals surface area (Å²) in [7, 11) is 3.89. The van der Waals surface area contributed by atoms with E-state index < -0.39 is 11.6 Å². The van der Waals surface area contributed by atoms with Gasteiger partial charge in [0.2, 0.25) is 0 Å². The average Bonchev–Trinajstić information content (AvgIpc) is 2.66. The van der Waals surface area contributed by atoms with Crippen molar-refractivity contribution in [2.45, 2.75) is 6.54 Å². The van der Waals surface area contributed by atoms with Gasteiger partial charge in [0.25, 0.3) is 5.91 Å². The fourth-order valence-electron chi connectivity index (χ4n) is 2.85. The molecule has 5 nitrogen and oxygen atoms in total. The summed E-state index contributed by atoms with van der Waals surface area (Å²) in [6.07, 6.45) is 1.47. The van der Waals surface area contributed by atoms with Crippen LogP contribution in [0.15, 0.2) is 48.7 Å². The number of anilines is 1. The van der Waals surface area contributed by atoms with E-state index in [9.17, 15) is 13.6 Å². The second-order valence-corrected chi connectivity index (χ2v) is 6.76. The van der Waals surface area contributed by atoms with E-state index in [1.165, 1.54) is 12.3 Å². The molecule has 0 fully saturated rings. The van der Waals surface area contributed by atoms with Crippen molar-refractivity contribution in [3.05, 3.63) is 71.4 Å². The van der Waals surface area contributed by atoms with Gasteiger partial charge in [-0.25, -0.2) is 8.78 Å². The first-order chi connectivity index (χ1) is 13.4. The number of halogens is 2. The Balaban J connectivity index is 1.72. The summed E-state index contributed by atoms with van der Waals surface area (Å²) in [5, 5.41) is 6.42. The number of carbonyl (C=O) groups excluding carboxylic acids is 1. The van der Waals surface area contributed by atoms with Gasteiger partial charge in [0, 0.05) is 48.5 Å². The number of rotatable bonds is 7. The number of carbonyl (C=O) groups is 1. The van der Waals surface area contributed by atoms with Crippen molar-refractivity contribution in [1.82, 2.24) is 15.2 Å². The van der Waals surface area contributed by atoms with Crippen LogP contribution in [0.25, 0.3) is 10.9 Å². The third-order valence-corrected chi connectivity index (χ3v) is 4.28. The molecule has 2 N–H and O–H groups in total. The maximum Gasteiger partial charge on any atom is 0.251 e. The van der Waals surface area contributed by atoms with E-state index in [1.807, 2.05) is 31.1 Å². The van der Waals surface area contributed by atoms with Gasteiger partial charge in [0.15, 0.2) is 5.82 Å². The maximum absolute atomic E-state index is 13.9. The molecule has 0 unspecified atom stereocenters. The van der Waals surface area contributed by atoms with Crippen LogP contribution in [0, 0.1) is 11.6 Å². The van der Waals surface area contributed by atoms with Crippen molar-refractivity contribution < 1.29 is 13.6 Å². The van der Waals surface area contributed by atoms with Crippen LogP contribution in [0.4, 0.5) is 14.5 Å². The molecule has 1 heterocycles. The highest BCUT2D eigenvalue weighted by Gasteiger charge is 2.10. The van der Waals surface area contributed by atoms with E-state index >= 15 is 0 Å². The highest BCUT2D eigenvalue weighted by Crippen LogP contribution is 2.25. The molecule has 0 bridgehead atoms. The highest BCUT2D eigenvalue weighted by molar-refractivity contribution is 5.94. The maximum atomic E-state index is 13.9. The first-order valence-electron chi connectivity index (χ1n) is 8.93. The van der Waals surface area contributed by atoms with Gasteiger partial charge in [-0.05, 0) is 43.9 Å². The SMILES string of the molecule is CN(C)CCNC(=O)c1cccc(CNc2ccnc3c(F)cc(F)cc23)c1. The fourth-order valence-corrected chi connectivity index (χ4v) is 2.85. The summed E-state index contributed by atoms with van der Waals surface area (Å²) in [5.74, 6) is -1.49. The number of benzene rings is 2. The largest absolute Gasteiger partial charge is 0.380 e. The molecule has 28 heavy (non-hydrogen) atoms. The predicted octanol–water partition coefficient (Wildman–Crippen LogP) is 3.42. The van der Waals surface area contributed by atoms with Gasteiger partial charge >= 0.3 is 0 Å². The van der Waals surface area contributed by atoms with Crippen molar-refractivity contribution in [1.29, 1.82) is 0 Å². The van der Waals surface area contributed by atoms with Gasteiger partial charge in [0.1, 0.15) is 11.3 Å². The number of hydrogen-bond donors (Lipinski definition) is 2. The van der Waals surface area contributed by atoms with Crippen LogP contribution in [-0.4, -0.2) is 43.0 Å². The summed E-state index contributed by atoms with van der Waals surface area (Å²) >= 11 is 0. The molecule has 3 rings (SSSR count). The van der Waals surface area contributed by atoms with Crippen LogP contribution >= 0.6 is 0 Å². The Bertz CT molecular complexity index is 991. The third-order valence-electron chi connectivity index (χ3n) is 4.28. The topological polar surface area (TPSA) is 57.3 Å². The molecular formula is C21H22F2N4O. The lowest BCUT2D eigenvalue weighted by atomic mass is 10.1. The van der Waals surface area contributed by atoms with Crippen LogP contribution < -0.4 is 10.6 Å². The first kappa shape index (κ1) is 19.7. The Hall–Kier alpha value is -3.06. The highest BCUT2D eigenvalue weighted by atomic mass is 19.1. The Labute approximate surface area is 162 Å². The quantitative estimate of drug-likeness (QED) is 0.655. The number of amides is 1. The molecule has 0 saturated heterocycles. The van der Waals surface area contributed by atoms with E-state index in [-0.39, 0.29) is 11.4 Å². The number of fused-ring (bicyclic) bond motifs is 1. The second kappa shape index (κ2) is 8.75. The van der Waals surface area contributed by atoms with Gasteiger partial charge in [-0.1, -0.05) is 12.1 Å². The van der Waals surface area contributed by atoms with Crippen LogP contribution in [0.2, 0.25) is 0 Å². The molecule has 0 aliphatic heterocycles. The molecule has 1 aromatic heterocycles. The summed E-state index contributed by atoms with van der Waals surface area (Å²) in [5.41, 5.74) is 2.13. The standard InChI is InChI=1S/C21H22F2N4O/c1-27(2)9-8-25-21(28)15-5-3-4-14(10-15)13-26-19-6-7-24-20-17(19)11-16(22)12-18(20)23/h3-7,10-12H,8-9,13H2,1-2H3,(H,24,26)(H,25,28). The molecule has 7 heteroatoms. The number of aromatic nitrogens is 1. The van der Waals surface area contributed by atoms with E-state index in [1.54, 1.807) is 18.2 Å². The lowest BCUT2D eigenvalue weighted by Crippen LogP contribution is -2.31. The zero-order chi connectivity index (χ0) is 20.1. The Morgan fingerprint density at radius 2 is 1.96 bits per heavy atom. The molecule has 0 aliphatic rings. The Morgan fingerprint density at radius 1 is 1.14 bits per heavy atom. The van der Waals surface area contributed by atoms with E-state index in [0.717, 1.165) is 18.2 Å². The molecule has 2 aromatic carbocycles. The summed E-state index contributed by atoms with van der Waals surface area (Å²) in [4.78, 5) is 18.2. The number of nitrogens with one attached hydrogen (secondary N) is 2. The minimum atomic E-state index is -0.699. The molecule has 146 valence electrons. The molecular weight excluding hydrogens is 362 g/mol. The third kappa shape index (κ3) is 4.80. The van der Waals surface area contributed by atoms with Crippen LogP contribution in [-0.2, 0) is 6.54 Å². The van der Waals surface area contributed by atoms with Crippen molar-refractivity contribution >= 4 is 22.5 Å². The monoisotopic (exact) mass is 384 g/mol. The van der Waals surface area contributed by atoms with Gasteiger partial charge in [-0.2, -0.15) is 0 Å². The molecule has 0 aliphatic carbocycles. The van der Waals surface area contributed by atoms with Crippen LogP contribution in [0.5, 0.6) is 0 Å². The van der Waals surface area contributed by atoms with E-state index in [4.69, 9.17) is 0 Å².